The zero-order valence-electron chi connectivity index (χ0n) is 11.5. The van der Waals surface area contributed by atoms with E-state index in [2.05, 4.69) is 10.3 Å². The van der Waals surface area contributed by atoms with Crippen molar-refractivity contribution in [3.8, 4) is 0 Å². The zero-order valence-corrected chi connectivity index (χ0v) is 11.5. The summed E-state index contributed by atoms with van der Waals surface area (Å²) in [5.41, 5.74) is -0.386. The summed E-state index contributed by atoms with van der Waals surface area (Å²) < 4.78 is 0. The quantitative estimate of drug-likeness (QED) is 0.866. The van der Waals surface area contributed by atoms with Crippen molar-refractivity contribution < 1.29 is 14.7 Å². The van der Waals surface area contributed by atoms with E-state index < -0.39 is 5.97 Å². The summed E-state index contributed by atoms with van der Waals surface area (Å²) in [6.07, 6.45) is 6.71. The Morgan fingerprint density at radius 3 is 2.55 bits per heavy atom. The Balaban J connectivity index is 2.00. The normalized spacial score (nSPS) is 17.4. The number of aliphatic carboxylic acids is 1. The molecule has 2 rings (SSSR count). The molecule has 108 valence electrons. The number of hydrogen-bond donors (Lipinski definition) is 2. The maximum atomic E-state index is 12.1. The molecule has 1 saturated carbocycles. The minimum absolute atomic E-state index is 0.0721. The van der Waals surface area contributed by atoms with Crippen LogP contribution in [0.3, 0.4) is 0 Å². The van der Waals surface area contributed by atoms with Gasteiger partial charge in [-0.2, -0.15) is 0 Å². The lowest BCUT2D eigenvalue weighted by atomic mass is 9.69. The third-order valence-electron chi connectivity index (χ3n) is 3.91. The molecular formula is C15H20N2O3. The van der Waals surface area contributed by atoms with Crippen molar-refractivity contribution in [2.24, 2.45) is 5.41 Å². The van der Waals surface area contributed by atoms with Gasteiger partial charge in [0.1, 0.15) is 5.82 Å². The smallest absolute Gasteiger partial charge is 0.303 e. The predicted molar refractivity (Wildman–Crippen MR) is 75.3 cm³/mol. The number of rotatable bonds is 5. The minimum Gasteiger partial charge on any atom is -0.481 e. The third kappa shape index (κ3) is 4.05. The van der Waals surface area contributed by atoms with Crippen LogP contribution in [0.4, 0.5) is 5.82 Å². The monoisotopic (exact) mass is 276 g/mol. The lowest BCUT2D eigenvalue weighted by molar-refractivity contribution is -0.140. The predicted octanol–water partition coefficient (Wildman–Crippen LogP) is 2.84. The zero-order chi connectivity index (χ0) is 14.4. The molecule has 0 spiro atoms. The van der Waals surface area contributed by atoms with Crippen LogP contribution in [0.25, 0.3) is 0 Å². The van der Waals surface area contributed by atoms with Crippen molar-refractivity contribution >= 4 is 17.7 Å². The highest BCUT2D eigenvalue weighted by Crippen LogP contribution is 2.42. The van der Waals surface area contributed by atoms with Crippen LogP contribution in [0, 0.1) is 5.41 Å². The van der Waals surface area contributed by atoms with E-state index in [-0.39, 0.29) is 24.2 Å². The topological polar surface area (TPSA) is 79.3 Å². The van der Waals surface area contributed by atoms with E-state index in [1.165, 1.54) is 0 Å². The van der Waals surface area contributed by atoms with Gasteiger partial charge in [0, 0.05) is 12.6 Å². The van der Waals surface area contributed by atoms with Gasteiger partial charge in [0.2, 0.25) is 5.91 Å². The highest BCUT2D eigenvalue weighted by molar-refractivity contribution is 5.90. The van der Waals surface area contributed by atoms with Crippen LogP contribution >= 0.6 is 0 Å². The highest BCUT2D eigenvalue weighted by Gasteiger charge is 2.36. The Morgan fingerprint density at radius 2 is 1.95 bits per heavy atom. The first-order valence-corrected chi connectivity index (χ1v) is 7.02. The van der Waals surface area contributed by atoms with E-state index in [1.54, 1.807) is 24.4 Å². The molecule has 0 atom stereocenters. The molecule has 1 aromatic rings. The maximum absolute atomic E-state index is 12.1. The van der Waals surface area contributed by atoms with E-state index >= 15 is 0 Å². The summed E-state index contributed by atoms with van der Waals surface area (Å²) in [4.78, 5) is 27.2. The number of carboxylic acids is 1. The number of carbonyl (C=O) groups excluding carboxylic acids is 1. The first-order chi connectivity index (χ1) is 9.60. The van der Waals surface area contributed by atoms with Crippen LogP contribution in [-0.4, -0.2) is 22.0 Å². The number of hydrogen-bond acceptors (Lipinski definition) is 3. The first kappa shape index (κ1) is 14.5. The molecule has 20 heavy (non-hydrogen) atoms. The van der Waals surface area contributed by atoms with Gasteiger partial charge >= 0.3 is 5.97 Å². The number of aromatic nitrogens is 1. The summed E-state index contributed by atoms with van der Waals surface area (Å²) in [7, 11) is 0. The molecule has 0 saturated heterocycles. The number of anilines is 1. The summed E-state index contributed by atoms with van der Waals surface area (Å²) >= 11 is 0. The van der Waals surface area contributed by atoms with Crippen LogP contribution in [0.2, 0.25) is 0 Å². The number of pyridine rings is 1. The van der Waals surface area contributed by atoms with Crippen LogP contribution in [0.15, 0.2) is 24.4 Å². The Morgan fingerprint density at radius 1 is 1.20 bits per heavy atom. The van der Waals surface area contributed by atoms with Crippen molar-refractivity contribution in [2.45, 2.75) is 44.9 Å². The van der Waals surface area contributed by atoms with Gasteiger partial charge in [-0.3, -0.25) is 9.59 Å². The number of carboxylic acid groups (broad SMARTS) is 1. The molecule has 0 aliphatic heterocycles. The third-order valence-corrected chi connectivity index (χ3v) is 3.91. The van der Waals surface area contributed by atoms with Gasteiger partial charge < -0.3 is 10.4 Å². The van der Waals surface area contributed by atoms with E-state index in [0.717, 1.165) is 32.1 Å². The van der Waals surface area contributed by atoms with Crippen molar-refractivity contribution in [2.75, 3.05) is 5.32 Å². The molecule has 0 unspecified atom stereocenters. The number of nitrogens with one attached hydrogen (secondary N) is 1. The van der Waals surface area contributed by atoms with Crippen LogP contribution in [0.5, 0.6) is 0 Å². The van der Waals surface area contributed by atoms with Crippen LogP contribution in [0.1, 0.15) is 44.9 Å². The fourth-order valence-corrected chi connectivity index (χ4v) is 3.00. The number of amides is 1. The van der Waals surface area contributed by atoms with E-state index in [0.29, 0.717) is 5.82 Å². The average molecular weight is 276 g/mol. The Hall–Kier alpha value is -1.91. The van der Waals surface area contributed by atoms with Gasteiger partial charge in [0.15, 0.2) is 0 Å². The summed E-state index contributed by atoms with van der Waals surface area (Å²) in [5, 5.41) is 11.8. The summed E-state index contributed by atoms with van der Waals surface area (Å²) in [6.45, 7) is 0. The largest absolute Gasteiger partial charge is 0.481 e. The van der Waals surface area contributed by atoms with Gasteiger partial charge in [-0.15, -0.1) is 0 Å². The van der Waals surface area contributed by atoms with Crippen molar-refractivity contribution in [3.05, 3.63) is 24.4 Å². The van der Waals surface area contributed by atoms with E-state index in [1.807, 2.05) is 0 Å². The van der Waals surface area contributed by atoms with Crippen molar-refractivity contribution in [1.29, 1.82) is 0 Å². The van der Waals surface area contributed by atoms with Crippen LogP contribution in [-0.2, 0) is 9.59 Å². The standard InChI is InChI=1S/C15H20N2O3/c18-13(17-12-6-2-5-9-16-12)10-15(11-14(19)20)7-3-1-4-8-15/h2,5-6,9H,1,3-4,7-8,10-11H2,(H,19,20)(H,16,17,18). The highest BCUT2D eigenvalue weighted by atomic mass is 16.4. The second-order valence-electron chi connectivity index (χ2n) is 5.57. The lowest BCUT2D eigenvalue weighted by Crippen LogP contribution is -2.32. The lowest BCUT2D eigenvalue weighted by Gasteiger charge is -2.35. The first-order valence-electron chi connectivity index (χ1n) is 7.02. The fraction of sp³-hybridized carbons (Fsp3) is 0.533. The molecule has 1 fully saturated rings. The molecule has 0 aromatic carbocycles. The Bertz CT molecular complexity index is 467. The second kappa shape index (κ2) is 6.50. The number of nitrogens with zero attached hydrogens (tertiary/aromatic N) is 1. The van der Waals surface area contributed by atoms with Gasteiger partial charge in [0.25, 0.3) is 0 Å². The SMILES string of the molecule is O=C(O)CC1(CC(=O)Nc2ccccn2)CCCCC1. The molecule has 1 aliphatic carbocycles. The van der Waals surface area contributed by atoms with Crippen molar-refractivity contribution in [3.63, 3.8) is 0 Å². The molecule has 1 heterocycles. The minimum atomic E-state index is -0.822. The molecular weight excluding hydrogens is 256 g/mol. The molecule has 0 radical (unpaired) electrons. The molecule has 1 aliphatic rings. The molecule has 5 heteroatoms. The Kier molecular flexibility index (Phi) is 4.71. The van der Waals surface area contributed by atoms with Gasteiger partial charge in [-0.05, 0) is 30.4 Å². The molecule has 1 amide bonds. The molecule has 2 N–H and O–H groups in total. The van der Waals surface area contributed by atoms with Crippen LogP contribution < -0.4 is 5.32 Å². The van der Waals surface area contributed by atoms with Gasteiger partial charge in [-0.25, -0.2) is 4.98 Å². The summed E-state index contributed by atoms with van der Waals surface area (Å²) in [6, 6.07) is 5.31. The second-order valence-corrected chi connectivity index (χ2v) is 5.57. The Labute approximate surface area is 118 Å². The van der Waals surface area contributed by atoms with E-state index in [4.69, 9.17) is 5.11 Å². The molecule has 1 aromatic heterocycles. The van der Waals surface area contributed by atoms with Gasteiger partial charge in [0.05, 0.1) is 6.42 Å². The number of carbonyl (C=O) groups is 2. The van der Waals surface area contributed by atoms with Crippen molar-refractivity contribution in [1.82, 2.24) is 4.98 Å². The van der Waals surface area contributed by atoms with Gasteiger partial charge in [-0.1, -0.05) is 25.3 Å². The molecule has 5 nitrogen and oxygen atoms in total. The molecule has 0 bridgehead atoms. The summed E-state index contributed by atoms with van der Waals surface area (Å²) in [5.74, 6) is -0.455. The maximum Gasteiger partial charge on any atom is 0.303 e. The average Bonchev–Trinajstić information content (AvgIpc) is 2.39. The van der Waals surface area contributed by atoms with E-state index in [9.17, 15) is 9.59 Å². The fourth-order valence-electron chi connectivity index (χ4n) is 3.00.